The Balaban J connectivity index is 0.000000216. The molecule has 3 aromatic rings. The summed E-state index contributed by atoms with van der Waals surface area (Å²) in [6.45, 7) is 8.40. The van der Waals surface area contributed by atoms with Crippen LogP contribution in [0.2, 0.25) is 0 Å². The van der Waals surface area contributed by atoms with Crippen LogP contribution in [-0.2, 0) is 27.4 Å². The van der Waals surface area contributed by atoms with Crippen LogP contribution >= 0.6 is 0 Å². The maximum Gasteiger partial charge on any atom is 0.296 e. The smallest absolute Gasteiger partial charge is 0.296 e. The molecule has 0 bridgehead atoms. The van der Waals surface area contributed by atoms with E-state index < -0.39 is 10.1 Å². The molecule has 0 saturated carbocycles. The Kier molecular flexibility index (Phi) is 12.5. The lowest BCUT2D eigenvalue weighted by atomic mass is 10.0. The maximum absolute atomic E-state index is 12.2. The number of aliphatic hydroxyl groups excluding tert-OH is 1. The minimum atomic E-state index is -3.67. The molecular formula is C35H44N2O4S. The molecule has 0 aliphatic carbocycles. The van der Waals surface area contributed by atoms with Crippen molar-refractivity contribution in [3.8, 4) is 0 Å². The highest BCUT2D eigenvalue weighted by molar-refractivity contribution is 7.86. The van der Waals surface area contributed by atoms with Crippen LogP contribution < -0.4 is 0 Å². The molecule has 7 heteroatoms. The predicted octanol–water partition coefficient (Wildman–Crippen LogP) is 6.12. The van der Waals surface area contributed by atoms with Gasteiger partial charge in [0.1, 0.15) is 0 Å². The first kappa shape index (κ1) is 31.9. The van der Waals surface area contributed by atoms with E-state index in [1.165, 1.54) is 22.3 Å². The Labute approximate surface area is 252 Å². The second kappa shape index (κ2) is 16.5. The molecule has 0 saturated heterocycles. The van der Waals surface area contributed by atoms with Crippen LogP contribution in [-0.4, -0.2) is 62.7 Å². The van der Waals surface area contributed by atoms with E-state index in [1.807, 2.05) is 13.0 Å². The Bertz CT molecular complexity index is 1390. The van der Waals surface area contributed by atoms with Gasteiger partial charge >= 0.3 is 0 Å². The fourth-order valence-electron chi connectivity index (χ4n) is 5.13. The first-order valence-electron chi connectivity index (χ1n) is 14.9. The fourth-order valence-corrected chi connectivity index (χ4v) is 6.04. The zero-order chi connectivity index (χ0) is 29.6. The SMILES string of the molecule is Cc1ccc(S(=O)(=O)OCCC2=CCN(Cc3ccccc3)CC2)cc1.OCCC1=CCN(Cc2ccccc2)CC1. The molecule has 2 heterocycles. The lowest BCUT2D eigenvalue weighted by Crippen LogP contribution is -2.28. The van der Waals surface area contributed by atoms with Gasteiger partial charge in [0.05, 0.1) is 11.5 Å². The third-order valence-corrected chi connectivity index (χ3v) is 9.00. The summed E-state index contributed by atoms with van der Waals surface area (Å²) < 4.78 is 29.6. The van der Waals surface area contributed by atoms with Gasteiger partial charge in [0.2, 0.25) is 0 Å². The Hall–Kier alpha value is -3.07. The van der Waals surface area contributed by atoms with Crippen LogP contribution in [0.3, 0.4) is 0 Å². The van der Waals surface area contributed by atoms with E-state index in [-0.39, 0.29) is 18.1 Å². The molecule has 5 rings (SSSR count). The van der Waals surface area contributed by atoms with Crippen molar-refractivity contribution < 1.29 is 17.7 Å². The first-order valence-corrected chi connectivity index (χ1v) is 16.3. The summed E-state index contributed by atoms with van der Waals surface area (Å²) in [5.74, 6) is 0. The van der Waals surface area contributed by atoms with Gasteiger partial charge in [0.15, 0.2) is 0 Å². The molecule has 6 nitrogen and oxygen atoms in total. The monoisotopic (exact) mass is 588 g/mol. The zero-order valence-corrected chi connectivity index (χ0v) is 25.5. The van der Waals surface area contributed by atoms with Crippen LogP contribution in [0.15, 0.2) is 113 Å². The van der Waals surface area contributed by atoms with Gasteiger partial charge in [-0.05, 0) is 55.9 Å². The number of rotatable bonds is 11. The second-order valence-electron chi connectivity index (χ2n) is 11.0. The summed E-state index contributed by atoms with van der Waals surface area (Å²) in [5, 5.41) is 8.87. The highest BCUT2D eigenvalue weighted by Crippen LogP contribution is 2.19. The van der Waals surface area contributed by atoms with Gasteiger partial charge in [-0.1, -0.05) is 102 Å². The van der Waals surface area contributed by atoms with Gasteiger partial charge in [-0.15, -0.1) is 0 Å². The molecule has 3 aromatic carbocycles. The Morgan fingerprint density at radius 2 is 1.21 bits per heavy atom. The summed E-state index contributed by atoms with van der Waals surface area (Å²) in [4.78, 5) is 5.05. The molecule has 0 radical (unpaired) electrons. The minimum Gasteiger partial charge on any atom is -0.396 e. The highest BCUT2D eigenvalue weighted by atomic mass is 32.2. The average molecular weight is 589 g/mol. The van der Waals surface area contributed by atoms with Gasteiger partial charge in [0, 0.05) is 45.9 Å². The zero-order valence-electron chi connectivity index (χ0n) is 24.7. The predicted molar refractivity (Wildman–Crippen MR) is 169 cm³/mol. The summed E-state index contributed by atoms with van der Waals surface area (Å²) in [7, 11) is -3.67. The topological polar surface area (TPSA) is 70.1 Å². The van der Waals surface area contributed by atoms with E-state index in [2.05, 4.69) is 76.5 Å². The van der Waals surface area contributed by atoms with Crippen molar-refractivity contribution in [2.75, 3.05) is 39.4 Å². The van der Waals surface area contributed by atoms with E-state index in [0.717, 1.165) is 64.1 Å². The highest BCUT2D eigenvalue weighted by Gasteiger charge is 2.17. The van der Waals surface area contributed by atoms with Crippen molar-refractivity contribution in [3.63, 3.8) is 0 Å². The third-order valence-electron chi connectivity index (χ3n) is 7.68. The van der Waals surface area contributed by atoms with E-state index in [0.29, 0.717) is 6.42 Å². The number of aryl methyl sites for hydroxylation is 1. The van der Waals surface area contributed by atoms with Crippen molar-refractivity contribution in [1.82, 2.24) is 9.80 Å². The molecule has 224 valence electrons. The van der Waals surface area contributed by atoms with Crippen molar-refractivity contribution in [3.05, 3.63) is 125 Å². The lowest BCUT2D eigenvalue weighted by molar-refractivity contribution is 0.269. The van der Waals surface area contributed by atoms with Crippen molar-refractivity contribution >= 4 is 10.1 Å². The molecule has 0 spiro atoms. The summed E-state index contributed by atoms with van der Waals surface area (Å²) in [5.41, 5.74) is 6.40. The molecule has 0 atom stereocenters. The van der Waals surface area contributed by atoms with E-state index in [4.69, 9.17) is 9.29 Å². The van der Waals surface area contributed by atoms with Crippen LogP contribution in [0.1, 0.15) is 42.4 Å². The summed E-state index contributed by atoms with van der Waals surface area (Å²) >= 11 is 0. The quantitative estimate of drug-likeness (QED) is 0.215. The van der Waals surface area contributed by atoms with Gasteiger partial charge in [0.25, 0.3) is 10.1 Å². The molecule has 0 amide bonds. The molecule has 0 fully saturated rings. The largest absolute Gasteiger partial charge is 0.396 e. The number of hydrogen-bond donors (Lipinski definition) is 1. The number of hydrogen-bond acceptors (Lipinski definition) is 6. The first-order chi connectivity index (χ1) is 20.4. The van der Waals surface area contributed by atoms with E-state index >= 15 is 0 Å². The second-order valence-corrected chi connectivity index (χ2v) is 12.6. The molecular weight excluding hydrogens is 544 g/mol. The number of benzene rings is 3. The lowest BCUT2D eigenvalue weighted by Gasteiger charge is -2.26. The average Bonchev–Trinajstić information content (AvgIpc) is 3.01. The Morgan fingerprint density at radius 3 is 1.67 bits per heavy atom. The third kappa shape index (κ3) is 10.6. The van der Waals surface area contributed by atoms with E-state index in [9.17, 15) is 8.42 Å². The molecule has 1 N–H and O–H groups in total. The minimum absolute atomic E-state index is 0.195. The van der Waals surface area contributed by atoms with Crippen LogP contribution in [0.25, 0.3) is 0 Å². The van der Waals surface area contributed by atoms with Gasteiger partial charge in [-0.25, -0.2) is 0 Å². The van der Waals surface area contributed by atoms with Gasteiger partial charge in [-0.2, -0.15) is 8.42 Å². The van der Waals surface area contributed by atoms with Gasteiger partial charge in [-0.3, -0.25) is 14.0 Å². The fraction of sp³-hybridized carbons (Fsp3) is 0.371. The molecule has 0 aromatic heterocycles. The molecule has 0 unspecified atom stereocenters. The van der Waals surface area contributed by atoms with Gasteiger partial charge < -0.3 is 5.11 Å². The standard InChI is InChI=1S/C21H25NO3S.C14H19NO/c1-18-7-9-21(10-8-18)26(23,24)25-16-13-19-11-14-22(15-12-19)17-20-5-3-2-4-6-20;16-11-8-13-6-9-15(10-7-13)12-14-4-2-1-3-5-14/h2-11H,12-17H2,1H3;1-6,16H,7-12H2. The summed E-state index contributed by atoms with van der Waals surface area (Å²) in [6.07, 6.45) is 8.04. The normalized spacial score (nSPS) is 16.2. The number of nitrogens with zero attached hydrogens (tertiary/aromatic N) is 2. The maximum atomic E-state index is 12.2. The molecule has 42 heavy (non-hydrogen) atoms. The number of aliphatic hydroxyl groups is 1. The molecule has 2 aliphatic rings. The van der Waals surface area contributed by atoms with Crippen molar-refractivity contribution in [2.45, 2.75) is 50.6 Å². The van der Waals surface area contributed by atoms with E-state index in [1.54, 1.807) is 24.3 Å². The van der Waals surface area contributed by atoms with Crippen molar-refractivity contribution in [1.29, 1.82) is 0 Å². The Morgan fingerprint density at radius 1 is 0.714 bits per heavy atom. The summed E-state index contributed by atoms with van der Waals surface area (Å²) in [6, 6.07) is 27.8. The molecule has 2 aliphatic heterocycles. The van der Waals surface area contributed by atoms with Crippen LogP contribution in [0, 0.1) is 6.92 Å². The van der Waals surface area contributed by atoms with Crippen molar-refractivity contribution in [2.24, 2.45) is 0 Å². The van der Waals surface area contributed by atoms with Crippen LogP contribution in [0.5, 0.6) is 0 Å². The van der Waals surface area contributed by atoms with Crippen LogP contribution in [0.4, 0.5) is 0 Å².